The number of hydrogen-bond acceptors (Lipinski definition) is 1. The SMILES string of the molecule is C[Si](C)(C)C(C1CCCCC1)C1C=CC=CN1. The highest BCUT2D eigenvalue weighted by Crippen LogP contribution is 2.42. The minimum Gasteiger partial charge on any atom is -0.385 e. The van der Waals surface area contributed by atoms with Crippen LogP contribution in [0.15, 0.2) is 24.4 Å². The Morgan fingerprint density at radius 1 is 1.06 bits per heavy atom. The quantitative estimate of drug-likeness (QED) is 0.735. The highest BCUT2D eigenvalue weighted by atomic mass is 28.3. The predicted octanol–water partition coefficient (Wildman–Crippen LogP) is 4.32. The van der Waals surface area contributed by atoms with Crippen LogP contribution in [0.1, 0.15) is 32.1 Å². The maximum Gasteiger partial charge on any atom is 0.0504 e. The summed E-state index contributed by atoms with van der Waals surface area (Å²) in [6.07, 6.45) is 16.1. The maximum atomic E-state index is 3.59. The van der Waals surface area contributed by atoms with Gasteiger partial charge < -0.3 is 5.32 Å². The Kier molecular flexibility index (Phi) is 4.13. The van der Waals surface area contributed by atoms with Gasteiger partial charge in [0.2, 0.25) is 0 Å². The van der Waals surface area contributed by atoms with Crippen molar-refractivity contribution in [2.75, 3.05) is 0 Å². The number of hydrogen-bond donors (Lipinski definition) is 1. The van der Waals surface area contributed by atoms with Gasteiger partial charge in [-0.2, -0.15) is 0 Å². The Hall–Kier alpha value is -0.503. The topological polar surface area (TPSA) is 12.0 Å². The summed E-state index contributed by atoms with van der Waals surface area (Å²) in [6.45, 7) is 7.63. The summed E-state index contributed by atoms with van der Waals surface area (Å²) in [5, 5.41) is 3.59. The van der Waals surface area contributed by atoms with Crippen LogP contribution in [0.2, 0.25) is 25.2 Å². The fourth-order valence-electron chi connectivity index (χ4n) is 3.72. The average molecular weight is 249 g/mol. The molecule has 1 heterocycles. The monoisotopic (exact) mass is 249 g/mol. The normalized spacial score (nSPS) is 27.8. The van der Waals surface area contributed by atoms with Gasteiger partial charge in [0.15, 0.2) is 0 Å². The van der Waals surface area contributed by atoms with E-state index in [1.807, 2.05) is 0 Å². The first-order valence-corrected chi connectivity index (χ1v) is 10.8. The van der Waals surface area contributed by atoms with Crippen LogP contribution >= 0.6 is 0 Å². The van der Waals surface area contributed by atoms with Crippen LogP contribution in [0.25, 0.3) is 0 Å². The molecule has 0 radical (unpaired) electrons. The largest absolute Gasteiger partial charge is 0.385 e. The molecule has 2 unspecified atom stereocenters. The van der Waals surface area contributed by atoms with Gasteiger partial charge in [-0.15, -0.1) is 0 Å². The fraction of sp³-hybridized carbons (Fsp3) is 0.733. The predicted molar refractivity (Wildman–Crippen MR) is 78.9 cm³/mol. The van der Waals surface area contributed by atoms with Crippen LogP contribution < -0.4 is 5.32 Å². The number of nitrogens with one attached hydrogen (secondary N) is 1. The minimum absolute atomic E-state index is 0.592. The van der Waals surface area contributed by atoms with E-state index in [2.05, 4.69) is 49.4 Å². The van der Waals surface area contributed by atoms with Crippen LogP contribution in [0.4, 0.5) is 0 Å². The maximum absolute atomic E-state index is 3.59. The van der Waals surface area contributed by atoms with Gasteiger partial charge in [-0.05, 0) is 23.7 Å². The van der Waals surface area contributed by atoms with Crippen molar-refractivity contribution in [2.24, 2.45) is 5.92 Å². The highest BCUT2D eigenvalue weighted by molar-refractivity contribution is 6.77. The second-order valence-corrected chi connectivity index (χ2v) is 12.1. The number of rotatable bonds is 3. The Balaban J connectivity index is 2.12. The van der Waals surface area contributed by atoms with Crippen molar-refractivity contribution in [3.05, 3.63) is 24.4 Å². The van der Waals surface area contributed by atoms with E-state index in [-0.39, 0.29) is 0 Å². The van der Waals surface area contributed by atoms with E-state index >= 15 is 0 Å². The lowest BCUT2D eigenvalue weighted by molar-refractivity contribution is 0.315. The summed E-state index contributed by atoms with van der Waals surface area (Å²) in [5.74, 6) is 0.962. The first-order valence-electron chi connectivity index (χ1n) is 7.18. The second kappa shape index (κ2) is 5.43. The molecule has 1 aliphatic carbocycles. The van der Waals surface area contributed by atoms with Gasteiger partial charge >= 0.3 is 0 Å². The van der Waals surface area contributed by atoms with E-state index in [4.69, 9.17) is 0 Å². The fourth-order valence-corrected chi connectivity index (χ4v) is 6.75. The first-order chi connectivity index (χ1) is 8.09. The van der Waals surface area contributed by atoms with Crippen molar-refractivity contribution in [3.8, 4) is 0 Å². The molecule has 2 aliphatic rings. The lowest BCUT2D eigenvalue weighted by Crippen LogP contribution is -2.46. The lowest BCUT2D eigenvalue weighted by Gasteiger charge is -2.42. The van der Waals surface area contributed by atoms with Gasteiger partial charge in [-0.3, -0.25) is 0 Å². The smallest absolute Gasteiger partial charge is 0.0504 e. The zero-order valence-electron chi connectivity index (χ0n) is 11.6. The van der Waals surface area contributed by atoms with E-state index in [9.17, 15) is 0 Å². The van der Waals surface area contributed by atoms with Gasteiger partial charge in [0.05, 0.1) is 8.07 Å². The summed E-state index contributed by atoms with van der Waals surface area (Å²) in [5.41, 5.74) is 0.893. The van der Waals surface area contributed by atoms with Crippen LogP contribution in [0, 0.1) is 5.92 Å². The number of dihydropyridines is 1. The van der Waals surface area contributed by atoms with Gasteiger partial charge in [0, 0.05) is 6.04 Å². The molecule has 0 bridgehead atoms. The third-order valence-electron chi connectivity index (χ3n) is 4.36. The zero-order valence-corrected chi connectivity index (χ0v) is 12.6. The van der Waals surface area contributed by atoms with E-state index < -0.39 is 8.07 Å². The van der Waals surface area contributed by atoms with E-state index in [1.54, 1.807) is 0 Å². The molecule has 1 N–H and O–H groups in total. The van der Waals surface area contributed by atoms with Gasteiger partial charge in [0.1, 0.15) is 0 Å². The average Bonchev–Trinajstić information content (AvgIpc) is 2.30. The Morgan fingerprint density at radius 2 is 1.76 bits per heavy atom. The molecule has 0 aromatic heterocycles. The number of allylic oxidation sites excluding steroid dienone is 2. The second-order valence-electron chi connectivity index (χ2n) is 6.73. The molecule has 17 heavy (non-hydrogen) atoms. The molecule has 96 valence electrons. The lowest BCUT2D eigenvalue weighted by atomic mass is 9.84. The summed E-state index contributed by atoms with van der Waals surface area (Å²) < 4.78 is 0. The molecule has 0 aromatic rings. The zero-order chi connectivity index (χ0) is 12.3. The summed E-state index contributed by atoms with van der Waals surface area (Å²) in [7, 11) is -1.11. The van der Waals surface area contributed by atoms with Gasteiger partial charge in [0.25, 0.3) is 0 Å². The standard InChI is InChI=1S/C15H27NSi/c1-17(2,3)15(13-9-5-4-6-10-13)14-11-7-8-12-16-14/h7-8,11-16H,4-6,9-10H2,1-3H3. The van der Waals surface area contributed by atoms with Crippen molar-refractivity contribution < 1.29 is 0 Å². The van der Waals surface area contributed by atoms with E-state index in [0.29, 0.717) is 6.04 Å². The summed E-state index contributed by atoms with van der Waals surface area (Å²) >= 11 is 0. The van der Waals surface area contributed by atoms with Gasteiger partial charge in [-0.25, -0.2) is 0 Å². The molecule has 2 atom stereocenters. The van der Waals surface area contributed by atoms with Crippen LogP contribution in [-0.4, -0.2) is 14.1 Å². The molecule has 2 heteroatoms. The third-order valence-corrected chi connectivity index (χ3v) is 7.19. The van der Waals surface area contributed by atoms with Crippen LogP contribution in [0.3, 0.4) is 0 Å². The van der Waals surface area contributed by atoms with Gasteiger partial charge in [-0.1, -0.05) is 63.9 Å². The molecule has 0 aromatic carbocycles. The van der Waals surface area contributed by atoms with E-state index in [1.165, 1.54) is 32.1 Å². The molecule has 1 fully saturated rings. The minimum atomic E-state index is -1.11. The summed E-state index contributed by atoms with van der Waals surface area (Å²) in [4.78, 5) is 0. The molecule has 0 saturated heterocycles. The van der Waals surface area contributed by atoms with Crippen molar-refractivity contribution in [3.63, 3.8) is 0 Å². The van der Waals surface area contributed by atoms with Crippen molar-refractivity contribution >= 4 is 8.07 Å². The van der Waals surface area contributed by atoms with Crippen molar-refractivity contribution in [1.82, 2.24) is 5.32 Å². The van der Waals surface area contributed by atoms with Crippen LogP contribution in [0.5, 0.6) is 0 Å². The highest BCUT2D eigenvalue weighted by Gasteiger charge is 2.38. The molecule has 0 spiro atoms. The molecule has 1 aliphatic heterocycles. The van der Waals surface area contributed by atoms with Crippen molar-refractivity contribution in [2.45, 2.75) is 63.3 Å². The van der Waals surface area contributed by atoms with E-state index in [0.717, 1.165) is 11.5 Å². The molecule has 0 amide bonds. The molecule has 2 rings (SSSR count). The Morgan fingerprint density at radius 3 is 2.29 bits per heavy atom. The molecule has 1 nitrogen and oxygen atoms in total. The molecular weight excluding hydrogens is 222 g/mol. The Labute approximate surface area is 107 Å². The van der Waals surface area contributed by atoms with Crippen molar-refractivity contribution in [1.29, 1.82) is 0 Å². The molecular formula is C15H27NSi. The third kappa shape index (κ3) is 3.24. The Bertz CT molecular complexity index is 295. The van der Waals surface area contributed by atoms with Crippen LogP contribution in [-0.2, 0) is 0 Å². The first kappa shape index (κ1) is 12.9. The molecule has 1 saturated carbocycles. The summed E-state index contributed by atoms with van der Waals surface area (Å²) in [6, 6.07) is 0.592.